The average molecular weight is 518 g/mol. The summed E-state index contributed by atoms with van der Waals surface area (Å²) >= 11 is 0. The molecule has 8 nitrogen and oxygen atoms in total. The molecular formula is C30H39N5O3. The number of amides is 3. The number of aromatic nitrogens is 2. The molecule has 38 heavy (non-hydrogen) atoms. The number of hydrogen-bond donors (Lipinski definition) is 1. The van der Waals surface area contributed by atoms with Crippen LogP contribution < -0.4 is 15.8 Å². The van der Waals surface area contributed by atoms with Crippen molar-refractivity contribution in [3.8, 4) is 0 Å². The zero-order valence-electron chi connectivity index (χ0n) is 22.6. The fourth-order valence-electron chi connectivity index (χ4n) is 8.81. The van der Waals surface area contributed by atoms with Crippen molar-refractivity contribution in [3.05, 3.63) is 34.6 Å². The van der Waals surface area contributed by atoms with E-state index in [-0.39, 0.29) is 17.4 Å². The zero-order valence-corrected chi connectivity index (χ0v) is 22.6. The van der Waals surface area contributed by atoms with Crippen LogP contribution in [0, 0.1) is 11.8 Å². The first-order valence-corrected chi connectivity index (χ1v) is 14.8. The van der Waals surface area contributed by atoms with Gasteiger partial charge in [-0.05, 0) is 82.8 Å². The topological polar surface area (TPSA) is 87.5 Å². The molecule has 2 aliphatic carbocycles. The number of piperidine rings is 2. The molecule has 4 bridgehead atoms. The number of carbonyl (C=O) groups is 2. The predicted molar refractivity (Wildman–Crippen MR) is 146 cm³/mol. The van der Waals surface area contributed by atoms with Crippen LogP contribution in [0.2, 0.25) is 0 Å². The number of urea groups is 1. The second kappa shape index (κ2) is 8.90. The highest BCUT2D eigenvalue weighted by atomic mass is 16.2. The number of benzene rings is 1. The van der Waals surface area contributed by atoms with E-state index in [1.54, 1.807) is 13.8 Å². The molecule has 0 unspecified atom stereocenters. The number of anilines is 1. The summed E-state index contributed by atoms with van der Waals surface area (Å²) in [7, 11) is 0. The lowest BCUT2D eigenvalue weighted by atomic mass is 9.68. The number of fused-ring (bicyclic) bond motifs is 5. The summed E-state index contributed by atoms with van der Waals surface area (Å²) in [5, 5.41) is 2.37. The molecule has 4 heterocycles. The molecule has 1 aromatic carbocycles. The molecule has 6 atom stereocenters. The lowest BCUT2D eigenvalue weighted by Crippen LogP contribution is -2.58. The lowest BCUT2D eigenvalue weighted by molar-refractivity contribution is -0.122. The Bertz CT molecular complexity index is 1330. The van der Waals surface area contributed by atoms with Crippen LogP contribution in [0.3, 0.4) is 0 Å². The molecule has 3 aliphatic heterocycles. The second-order valence-electron chi connectivity index (χ2n) is 13.1. The minimum Gasteiger partial charge on any atom is -0.300 e. The predicted octanol–water partition coefficient (Wildman–Crippen LogP) is 4.76. The number of hydrogen-bond acceptors (Lipinski definition) is 5. The van der Waals surface area contributed by atoms with Gasteiger partial charge in [-0.25, -0.2) is 9.78 Å². The number of carbonyl (C=O) groups excluding carboxylic acids is 2. The maximum absolute atomic E-state index is 14.2. The number of nitrogens with zero attached hydrogens (tertiary/aromatic N) is 4. The first kappa shape index (κ1) is 24.3. The van der Waals surface area contributed by atoms with Gasteiger partial charge in [0.2, 0.25) is 5.82 Å². The van der Waals surface area contributed by atoms with Crippen molar-refractivity contribution in [3.63, 3.8) is 0 Å². The van der Waals surface area contributed by atoms with Crippen molar-refractivity contribution in [1.82, 2.24) is 19.8 Å². The smallest absolute Gasteiger partial charge is 0.300 e. The zero-order chi connectivity index (χ0) is 26.2. The Hall–Kier alpha value is -2.74. The Labute approximate surface area is 223 Å². The van der Waals surface area contributed by atoms with Crippen molar-refractivity contribution in [2.24, 2.45) is 11.8 Å². The molecular weight excluding hydrogens is 478 g/mol. The SMILES string of the molecule is CC1(C)C(=O)NC(=O)N1c1nc2ccccc2n([C@H]2C[C@H]3CCC[C@@H](C2)N3[C@H]2C[C@@H]3CCC[C@@H](C3)C2)c1=O. The summed E-state index contributed by atoms with van der Waals surface area (Å²) < 4.78 is 1.92. The van der Waals surface area contributed by atoms with E-state index in [1.165, 1.54) is 62.7 Å². The summed E-state index contributed by atoms with van der Waals surface area (Å²) in [6.07, 6.45) is 13.9. The van der Waals surface area contributed by atoms with E-state index in [0.717, 1.165) is 30.2 Å². The van der Waals surface area contributed by atoms with E-state index < -0.39 is 17.5 Å². The highest BCUT2D eigenvalue weighted by Gasteiger charge is 2.49. The van der Waals surface area contributed by atoms with Crippen LogP contribution in [-0.4, -0.2) is 50.1 Å². The van der Waals surface area contributed by atoms with Crippen LogP contribution in [0.25, 0.3) is 11.0 Å². The molecule has 8 heteroatoms. The first-order chi connectivity index (χ1) is 18.3. The molecule has 202 valence electrons. The van der Waals surface area contributed by atoms with Gasteiger partial charge in [0.15, 0.2) is 0 Å². The van der Waals surface area contributed by atoms with E-state index in [1.807, 2.05) is 28.8 Å². The van der Waals surface area contributed by atoms with Gasteiger partial charge in [-0.1, -0.05) is 37.8 Å². The standard InChI is InChI=1S/C30H39N5O3/c1-30(2)28(37)32-29(38)35(30)26-27(36)34(25-12-4-3-11-24(25)31-26)23-16-20-9-6-10-21(17-23)33(20)22-14-18-7-5-8-19(13-18)15-22/h3-4,11-12,18-23H,5-10,13-17H2,1-2H3,(H,32,37,38)/t18-,19+,20-,21+,22+,23+. The van der Waals surface area contributed by atoms with Crippen LogP contribution in [0.15, 0.2) is 29.1 Å². The average Bonchev–Trinajstić information content (AvgIpc) is 3.08. The fourth-order valence-corrected chi connectivity index (χ4v) is 8.81. The molecule has 5 aliphatic rings. The van der Waals surface area contributed by atoms with Crippen molar-refractivity contribution in [1.29, 1.82) is 0 Å². The lowest BCUT2D eigenvalue weighted by Gasteiger charge is -2.55. The van der Waals surface area contributed by atoms with Gasteiger partial charge in [0.1, 0.15) is 5.54 Å². The van der Waals surface area contributed by atoms with Crippen molar-refractivity contribution >= 4 is 28.8 Å². The van der Waals surface area contributed by atoms with E-state index in [4.69, 9.17) is 0 Å². The summed E-state index contributed by atoms with van der Waals surface area (Å²) in [6.45, 7) is 3.33. The largest absolute Gasteiger partial charge is 0.330 e. The van der Waals surface area contributed by atoms with E-state index in [2.05, 4.69) is 15.2 Å². The number of nitrogens with one attached hydrogen (secondary N) is 1. The molecule has 0 spiro atoms. The maximum Gasteiger partial charge on any atom is 0.330 e. The van der Waals surface area contributed by atoms with Gasteiger partial charge in [0, 0.05) is 24.2 Å². The minimum atomic E-state index is -1.18. The Balaban J connectivity index is 1.27. The summed E-state index contributed by atoms with van der Waals surface area (Å²) in [6, 6.07) is 8.87. The van der Waals surface area contributed by atoms with Crippen LogP contribution in [0.1, 0.15) is 90.5 Å². The molecule has 7 rings (SSSR count). The molecule has 2 aromatic rings. The third kappa shape index (κ3) is 3.74. The van der Waals surface area contributed by atoms with Gasteiger partial charge < -0.3 is 4.57 Å². The van der Waals surface area contributed by atoms with Crippen molar-refractivity contribution in [2.45, 2.75) is 114 Å². The highest BCUT2D eigenvalue weighted by molar-refractivity contribution is 6.16. The summed E-state index contributed by atoms with van der Waals surface area (Å²) in [5.41, 5.74) is 0.0411. The molecule has 1 N–H and O–H groups in total. The third-order valence-corrected chi connectivity index (χ3v) is 10.4. The van der Waals surface area contributed by atoms with Crippen LogP contribution >= 0.6 is 0 Å². The molecule has 3 amide bonds. The van der Waals surface area contributed by atoms with Crippen LogP contribution in [-0.2, 0) is 4.79 Å². The highest BCUT2D eigenvalue weighted by Crippen LogP contribution is 2.47. The molecule has 3 saturated heterocycles. The molecule has 2 saturated carbocycles. The van der Waals surface area contributed by atoms with Gasteiger partial charge in [0.25, 0.3) is 11.5 Å². The summed E-state index contributed by atoms with van der Waals surface area (Å²) in [5.74, 6) is 1.43. The third-order valence-electron chi connectivity index (χ3n) is 10.4. The van der Waals surface area contributed by atoms with Gasteiger partial charge in [-0.2, -0.15) is 0 Å². The van der Waals surface area contributed by atoms with Crippen LogP contribution in [0.5, 0.6) is 0 Å². The normalized spacial score (nSPS) is 34.9. The maximum atomic E-state index is 14.2. The Morgan fingerprint density at radius 3 is 2.13 bits per heavy atom. The number of para-hydroxylation sites is 2. The van der Waals surface area contributed by atoms with E-state index >= 15 is 0 Å². The first-order valence-electron chi connectivity index (χ1n) is 14.8. The van der Waals surface area contributed by atoms with E-state index in [9.17, 15) is 14.4 Å². The fraction of sp³-hybridized carbons (Fsp3) is 0.667. The molecule has 5 fully saturated rings. The van der Waals surface area contributed by atoms with Gasteiger partial charge >= 0.3 is 6.03 Å². The second-order valence-corrected chi connectivity index (χ2v) is 13.1. The van der Waals surface area contributed by atoms with Gasteiger partial charge in [-0.3, -0.25) is 24.7 Å². The number of rotatable bonds is 3. The number of imide groups is 1. The molecule has 0 radical (unpaired) electrons. The monoisotopic (exact) mass is 517 g/mol. The van der Waals surface area contributed by atoms with Gasteiger partial charge in [0.05, 0.1) is 11.0 Å². The van der Waals surface area contributed by atoms with Gasteiger partial charge in [-0.15, -0.1) is 0 Å². The Kier molecular flexibility index (Phi) is 5.69. The van der Waals surface area contributed by atoms with Crippen molar-refractivity contribution < 1.29 is 9.59 Å². The van der Waals surface area contributed by atoms with Crippen molar-refractivity contribution in [2.75, 3.05) is 4.90 Å². The minimum absolute atomic E-state index is 0.0461. The Morgan fingerprint density at radius 2 is 1.47 bits per heavy atom. The molecule has 1 aromatic heterocycles. The quantitative estimate of drug-likeness (QED) is 0.594. The Morgan fingerprint density at radius 1 is 0.816 bits per heavy atom. The van der Waals surface area contributed by atoms with Crippen LogP contribution in [0.4, 0.5) is 10.6 Å². The van der Waals surface area contributed by atoms with E-state index in [0.29, 0.717) is 23.6 Å². The summed E-state index contributed by atoms with van der Waals surface area (Å²) in [4.78, 5) is 48.4.